The number of nitrogens with two attached hydrogens (primary N) is 3. The predicted molar refractivity (Wildman–Crippen MR) is 167 cm³/mol. The van der Waals surface area contributed by atoms with Crippen molar-refractivity contribution in [1.82, 2.24) is 26.2 Å². The minimum absolute atomic E-state index is 0.0707. The van der Waals surface area contributed by atoms with Crippen molar-refractivity contribution in [3.63, 3.8) is 0 Å². The summed E-state index contributed by atoms with van der Waals surface area (Å²) in [5, 5.41) is 18.9. The number of rotatable bonds is 21. The Morgan fingerprint density at radius 2 is 1.58 bits per heavy atom. The van der Waals surface area contributed by atoms with Crippen LogP contribution >= 0.6 is 0 Å². The van der Waals surface area contributed by atoms with Crippen molar-refractivity contribution in [3.8, 4) is 0 Å². The second kappa shape index (κ2) is 20.8. The Balaban J connectivity index is 3.03. The summed E-state index contributed by atoms with van der Waals surface area (Å²) in [6.07, 6.45) is 2.40. The third-order valence-corrected chi connectivity index (χ3v) is 6.44. The van der Waals surface area contributed by atoms with E-state index in [1.165, 1.54) is 11.1 Å². The first-order chi connectivity index (χ1) is 21.4. The fourth-order valence-electron chi connectivity index (χ4n) is 4.04. The van der Waals surface area contributed by atoms with Crippen LogP contribution in [0.3, 0.4) is 0 Å². The van der Waals surface area contributed by atoms with E-state index in [-0.39, 0.29) is 38.3 Å². The number of aliphatic imine (C=N–C) groups is 1. The normalized spacial score (nSPS) is 12.4. The molecule has 16 nitrogen and oxygen atoms in total. The Bertz CT molecular complexity index is 1190. The van der Waals surface area contributed by atoms with Crippen LogP contribution in [-0.2, 0) is 30.5 Å². The number of guanidine groups is 1. The number of nitrogens with zero attached hydrogens (tertiary/aromatic N) is 2. The highest BCUT2D eigenvalue weighted by atomic mass is 16.4. The van der Waals surface area contributed by atoms with Crippen LogP contribution in [-0.4, -0.2) is 89.2 Å². The first-order valence-corrected chi connectivity index (χ1v) is 14.5. The lowest BCUT2D eigenvalue weighted by molar-refractivity contribution is -0.140. The molecule has 0 unspecified atom stereocenters. The molecular weight excluding hydrogens is 586 g/mol. The molecule has 0 radical (unpaired) electrons. The minimum Gasteiger partial charge on any atom is -0.481 e. The van der Waals surface area contributed by atoms with Crippen molar-refractivity contribution in [2.75, 3.05) is 19.6 Å². The fourth-order valence-corrected chi connectivity index (χ4v) is 4.04. The first kappa shape index (κ1) is 38.0. The zero-order valence-corrected chi connectivity index (χ0v) is 25.5. The molecular formula is C29H45N9O7. The topological polar surface area (TPSA) is 264 Å². The van der Waals surface area contributed by atoms with Gasteiger partial charge in [-0.05, 0) is 51.1 Å². The van der Waals surface area contributed by atoms with Gasteiger partial charge in [0.2, 0.25) is 17.7 Å². The number of carbonyl (C=O) groups excluding carboxylic acids is 5. The second-order valence-electron chi connectivity index (χ2n) is 10.1. The minimum atomic E-state index is -1.28. The van der Waals surface area contributed by atoms with Gasteiger partial charge in [-0.25, -0.2) is 4.79 Å². The molecule has 0 spiro atoms. The average molecular weight is 632 g/mol. The van der Waals surface area contributed by atoms with Crippen molar-refractivity contribution < 1.29 is 33.9 Å². The summed E-state index contributed by atoms with van der Waals surface area (Å²) in [4.78, 5) is 79.8. The number of carboxylic acid groups (broad SMARTS) is 1. The van der Waals surface area contributed by atoms with Gasteiger partial charge in [0.25, 0.3) is 0 Å². The maximum absolute atomic E-state index is 13.4. The third kappa shape index (κ3) is 15.9. The maximum Gasteiger partial charge on any atom is 0.322 e. The molecule has 0 saturated carbocycles. The van der Waals surface area contributed by atoms with E-state index in [4.69, 9.17) is 22.3 Å². The van der Waals surface area contributed by atoms with Gasteiger partial charge in [0.1, 0.15) is 12.1 Å². The monoisotopic (exact) mass is 631 g/mol. The Labute approximate surface area is 262 Å². The molecule has 0 aliphatic rings. The molecule has 0 aliphatic heterocycles. The molecule has 45 heavy (non-hydrogen) atoms. The number of Topliss-reactive ketones (excluding diaryl/α,β-unsaturated/α-hetero) is 1. The van der Waals surface area contributed by atoms with E-state index in [1.807, 2.05) is 30.3 Å². The second-order valence-corrected chi connectivity index (χ2v) is 10.1. The van der Waals surface area contributed by atoms with Crippen molar-refractivity contribution in [2.24, 2.45) is 22.2 Å². The number of hydrogen-bond acceptors (Lipinski definition) is 8. The molecule has 248 valence electrons. The number of carboxylic acids is 1. The molecule has 0 aromatic heterocycles. The van der Waals surface area contributed by atoms with Crippen LogP contribution in [0.25, 0.3) is 0 Å². The number of benzene rings is 1. The zero-order chi connectivity index (χ0) is 33.8. The third-order valence-electron chi connectivity index (χ3n) is 6.44. The van der Waals surface area contributed by atoms with Crippen LogP contribution in [0.5, 0.6) is 0 Å². The molecule has 0 fully saturated rings. The van der Waals surface area contributed by atoms with Gasteiger partial charge in [-0.3, -0.25) is 33.9 Å². The van der Waals surface area contributed by atoms with Gasteiger partial charge in [-0.2, -0.15) is 0 Å². The van der Waals surface area contributed by atoms with Gasteiger partial charge in [-0.1, -0.05) is 36.9 Å². The van der Waals surface area contributed by atoms with E-state index in [2.05, 4.69) is 32.8 Å². The average Bonchev–Trinajstić information content (AvgIpc) is 2.99. The van der Waals surface area contributed by atoms with E-state index in [1.54, 1.807) is 0 Å². The van der Waals surface area contributed by atoms with Crippen molar-refractivity contribution in [3.05, 3.63) is 48.7 Å². The Hall–Kier alpha value is -4.99. The number of carbonyl (C=O) groups is 6. The Morgan fingerprint density at radius 1 is 0.933 bits per heavy atom. The quantitative estimate of drug-likeness (QED) is 0.0468. The smallest absolute Gasteiger partial charge is 0.322 e. The first-order valence-electron chi connectivity index (χ1n) is 14.5. The molecule has 0 heterocycles. The van der Waals surface area contributed by atoms with E-state index in [0.29, 0.717) is 19.4 Å². The number of aliphatic carboxylic acids is 1. The Kier molecular flexibility index (Phi) is 17.6. The molecule has 5 amide bonds. The lowest BCUT2D eigenvalue weighted by Crippen LogP contribution is -2.56. The van der Waals surface area contributed by atoms with Crippen LogP contribution in [0.2, 0.25) is 0 Å². The summed E-state index contributed by atoms with van der Waals surface area (Å²) in [7, 11) is 0. The van der Waals surface area contributed by atoms with Crippen molar-refractivity contribution >= 4 is 41.5 Å². The summed E-state index contributed by atoms with van der Waals surface area (Å²) >= 11 is 0. The molecule has 11 N–H and O–H groups in total. The van der Waals surface area contributed by atoms with Gasteiger partial charge in [0, 0.05) is 12.7 Å². The number of hydrogen-bond donors (Lipinski definition) is 8. The highest BCUT2D eigenvalue weighted by Gasteiger charge is 2.28. The van der Waals surface area contributed by atoms with E-state index < -0.39 is 66.6 Å². The zero-order valence-electron chi connectivity index (χ0n) is 25.5. The summed E-state index contributed by atoms with van der Waals surface area (Å²) in [5.74, 6) is -4.18. The molecule has 0 aliphatic carbocycles. The van der Waals surface area contributed by atoms with Crippen LogP contribution in [0, 0.1) is 0 Å². The number of unbranched alkanes of at least 4 members (excludes halogenated alkanes) is 1. The standard InChI is InChI=1S/C29H45N9O7/c1-3-38(18-20-10-5-4-6-11-20)29(45)37-22(12-7-8-14-30)27(44)36-21(13-9-15-33-28(31)32)26(43)34-17-24(40)35-23(19(2)39)16-25(41)42/h3-6,10-11,21-23H,1,7-9,12-18,30H2,2H3,(H,34,43)(H,35,40)(H,36,44)(H,37,45)(H,41,42)(H4,31,32,33)/t21-,22-,23-/m0/s1. The lowest BCUT2D eigenvalue weighted by atomic mass is 10.1. The number of ketones is 1. The van der Waals surface area contributed by atoms with Gasteiger partial charge in [-0.15, -0.1) is 0 Å². The molecule has 0 saturated heterocycles. The van der Waals surface area contributed by atoms with Crippen molar-refractivity contribution in [2.45, 2.75) is 70.1 Å². The predicted octanol–water partition coefficient (Wildman–Crippen LogP) is -0.958. The highest BCUT2D eigenvalue weighted by molar-refractivity contribution is 5.95. The van der Waals surface area contributed by atoms with Gasteiger partial charge < -0.3 is 43.6 Å². The van der Waals surface area contributed by atoms with Crippen LogP contribution in [0.1, 0.15) is 51.0 Å². The van der Waals surface area contributed by atoms with E-state index in [9.17, 15) is 28.8 Å². The van der Waals surface area contributed by atoms with Gasteiger partial charge >= 0.3 is 12.0 Å². The highest BCUT2D eigenvalue weighted by Crippen LogP contribution is 2.09. The van der Waals surface area contributed by atoms with E-state index >= 15 is 0 Å². The summed E-state index contributed by atoms with van der Waals surface area (Å²) < 4.78 is 0. The Morgan fingerprint density at radius 3 is 2.16 bits per heavy atom. The molecule has 1 aromatic carbocycles. The van der Waals surface area contributed by atoms with Crippen LogP contribution in [0.4, 0.5) is 4.79 Å². The fraction of sp³-hybridized carbons (Fsp3) is 0.483. The van der Waals surface area contributed by atoms with Crippen LogP contribution in [0.15, 0.2) is 48.1 Å². The molecule has 16 heteroatoms. The summed E-state index contributed by atoms with van der Waals surface area (Å²) in [6.45, 7) is 4.98. The molecule has 1 rings (SSSR count). The van der Waals surface area contributed by atoms with Gasteiger partial charge in [0.05, 0.1) is 25.6 Å². The maximum atomic E-state index is 13.4. The summed E-state index contributed by atoms with van der Waals surface area (Å²) in [5.41, 5.74) is 17.2. The SMILES string of the molecule is C=CN(Cc1ccccc1)C(=O)N[C@@H](CCCCN)C(=O)N[C@@H](CCCN=C(N)N)C(=O)NCC(=O)N[C@@H](CC(=O)O)C(C)=O. The molecule has 1 aromatic rings. The lowest BCUT2D eigenvalue weighted by Gasteiger charge is -2.26. The molecule has 3 atom stereocenters. The molecule has 0 bridgehead atoms. The number of nitrogens with one attached hydrogen (secondary N) is 4. The summed E-state index contributed by atoms with van der Waals surface area (Å²) in [6, 6.07) is 5.15. The largest absolute Gasteiger partial charge is 0.481 e. The van der Waals surface area contributed by atoms with Gasteiger partial charge in [0.15, 0.2) is 11.7 Å². The van der Waals surface area contributed by atoms with Crippen LogP contribution < -0.4 is 38.5 Å². The number of amides is 5. The van der Waals surface area contributed by atoms with Crippen molar-refractivity contribution in [1.29, 1.82) is 0 Å². The number of urea groups is 1. The van der Waals surface area contributed by atoms with E-state index in [0.717, 1.165) is 12.5 Å².